The van der Waals surface area contributed by atoms with Gasteiger partial charge in [0.15, 0.2) is 0 Å². The molecule has 0 unspecified atom stereocenters. The summed E-state index contributed by atoms with van der Waals surface area (Å²) in [5.74, 6) is -1.23. The third-order valence-electron chi connectivity index (χ3n) is 6.13. The van der Waals surface area contributed by atoms with Crippen LogP contribution in [0.1, 0.15) is 26.3 Å². The molecule has 2 heterocycles. The van der Waals surface area contributed by atoms with Gasteiger partial charge in [-0.15, -0.1) is 0 Å². The van der Waals surface area contributed by atoms with Crippen molar-refractivity contribution < 1.29 is 33.3 Å². The SMILES string of the molecule is O=C([C@H](Cc1ccccc1)N1C(=O)c2ccccc2C1=O)N1CCOCCOCCOCCOCC1. The highest BCUT2D eigenvalue weighted by Crippen LogP contribution is 2.27. The number of ether oxygens (including phenoxy) is 4. The molecule has 4 rings (SSSR count). The number of benzene rings is 2. The lowest BCUT2D eigenvalue weighted by Gasteiger charge is -2.31. The zero-order chi connectivity index (χ0) is 25.2. The first-order chi connectivity index (χ1) is 17.7. The molecule has 192 valence electrons. The lowest BCUT2D eigenvalue weighted by Crippen LogP contribution is -2.53. The molecule has 3 amide bonds. The number of amides is 3. The van der Waals surface area contributed by atoms with E-state index in [2.05, 4.69) is 0 Å². The highest BCUT2D eigenvalue weighted by Gasteiger charge is 2.43. The molecule has 0 bridgehead atoms. The minimum absolute atomic E-state index is 0.213. The number of hydrogen-bond donors (Lipinski definition) is 0. The van der Waals surface area contributed by atoms with Crippen LogP contribution < -0.4 is 0 Å². The lowest BCUT2D eigenvalue weighted by molar-refractivity contribution is -0.137. The van der Waals surface area contributed by atoms with E-state index in [0.29, 0.717) is 77.1 Å². The Balaban J connectivity index is 1.55. The molecule has 2 aromatic rings. The van der Waals surface area contributed by atoms with Gasteiger partial charge >= 0.3 is 0 Å². The molecule has 1 saturated heterocycles. The second-order valence-electron chi connectivity index (χ2n) is 8.51. The van der Waals surface area contributed by atoms with Crippen LogP contribution >= 0.6 is 0 Å². The number of rotatable bonds is 4. The highest BCUT2D eigenvalue weighted by molar-refractivity contribution is 6.22. The molecule has 0 saturated carbocycles. The Hall–Kier alpha value is -3.11. The van der Waals surface area contributed by atoms with Gasteiger partial charge < -0.3 is 23.8 Å². The normalized spacial score (nSPS) is 19.3. The summed E-state index contributed by atoms with van der Waals surface area (Å²) in [5.41, 5.74) is 1.49. The molecule has 36 heavy (non-hydrogen) atoms. The molecule has 0 spiro atoms. The minimum Gasteiger partial charge on any atom is -0.377 e. The van der Waals surface area contributed by atoms with E-state index in [1.54, 1.807) is 29.2 Å². The zero-order valence-electron chi connectivity index (χ0n) is 20.3. The Labute approximate surface area is 210 Å². The van der Waals surface area contributed by atoms with Crippen LogP contribution in [0.15, 0.2) is 54.6 Å². The van der Waals surface area contributed by atoms with Gasteiger partial charge in [-0.2, -0.15) is 0 Å². The van der Waals surface area contributed by atoms with E-state index in [1.807, 2.05) is 30.3 Å². The smallest absolute Gasteiger partial charge is 0.262 e. The molecule has 9 nitrogen and oxygen atoms in total. The van der Waals surface area contributed by atoms with Crippen LogP contribution in [0.2, 0.25) is 0 Å². The summed E-state index contributed by atoms with van der Waals surface area (Å²) in [4.78, 5) is 43.3. The van der Waals surface area contributed by atoms with Crippen molar-refractivity contribution in [3.63, 3.8) is 0 Å². The molecule has 0 aromatic heterocycles. The largest absolute Gasteiger partial charge is 0.377 e. The summed E-state index contributed by atoms with van der Waals surface area (Å²) in [7, 11) is 0. The van der Waals surface area contributed by atoms with Crippen molar-refractivity contribution in [3.05, 3.63) is 71.3 Å². The van der Waals surface area contributed by atoms with E-state index in [0.717, 1.165) is 10.5 Å². The highest BCUT2D eigenvalue weighted by atomic mass is 16.6. The monoisotopic (exact) mass is 496 g/mol. The molecule has 2 aromatic carbocycles. The van der Waals surface area contributed by atoms with E-state index >= 15 is 0 Å². The number of fused-ring (bicyclic) bond motifs is 1. The van der Waals surface area contributed by atoms with Crippen molar-refractivity contribution in [1.29, 1.82) is 0 Å². The van der Waals surface area contributed by atoms with Crippen molar-refractivity contribution in [2.75, 3.05) is 65.9 Å². The number of hydrogen-bond acceptors (Lipinski definition) is 7. The average Bonchev–Trinajstić information content (AvgIpc) is 3.15. The fourth-order valence-electron chi connectivity index (χ4n) is 4.27. The van der Waals surface area contributed by atoms with Crippen LogP contribution in [-0.2, 0) is 30.2 Å². The van der Waals surface area contributed by atoms with Crippen LogP contribution in [0.25, 0.3) is 0 Å². The van der Waals surface area contributed by atoms with Gasteiger partial charge in [-0.1, -0.05) is 42.5 Å². The van der Waals surface area contributed by atoms with Crippen LogP contribution in [0.4, 0.5) is 0 Å². The van der Waals surface area contributed by atoms with Crippen LogP contribution in [-0.4, -0.2) is 99.5 Å². The Bertz CT molecular complexity index is 979. The van der Waals surface area contributed by atoms with Gasteiger partial charge in [-0.05, 0) is 17.7 Å². The van der Waals surface area contributed by atoms with Gasteiger partial charge in [-0.3, -0.25) is 19.3 Å². The van der Waals surface area contributed by atoms with Crippen LogP contribution in [0.3, 0.4) is 0 Å². The van der Waals surface area contributed by atoms with E-state index < -0.39 is 17.9 Å². The quantitative estimate of drug-likeness (QED) is 0.596. The lowest BCUT2D eigenvalue weighted by atomic mass is 10.0. The second-order valence-corrected chi connectivity index (χ2v) is 8.51. The first kappa shape index (κ1) is 26.0. The first-order valence-corrected chi connectivity index (χ1v) is 12.3. The third kappa shape index (κ3) is 6.55. The van der Waals surface area contributed by atoms with E-state index in [1.165, 1.54) is 0 Å². The summed E-state index contributed by atoms with van der Waals surface area (Å²) in [5, 5.41) is 0. The maximum Gasteiger partial charge on any atom is 0.262 e. The molecule has 0 N–H and O–H groups in total. The van der Waals surface area contributed by atoms with Crippen molar-refractivity contribution in [3.8, 4) is 0 Å². The summed E-state index contributed by atoms with van der Waals surface area (Å²) in [6, 6.07) is 15.1. The van der Waals surface area contributed by atoms with E-state index in [-0.39, 0.29) is 12.3 Å². The molecular formula is C27H32N2O7. The van der Waals surface area contributed by atoms with Gasteiger partial charge in [-0.25, -0.2) is 0 Å². The molecule has 0 aliphatic carbocycles. The van der Waals surface area contributed by atoms with Gasteiger partial charge in [0, 0.05) is 19.5 Å². The standard InChI is InChI=1S/C27H32N2O7/c30-25-22-8-4-5-9-23(22)26(31)29(25)24(20-21-6-2-1-3-7-21)27(32)28-10-12-33-14-16-35-18-19-36-17-15-34-13-11-28/h1-9,24H,10-20H2/t24-/m0/s1. The molecule has 1 atom stereocenters. The minimum atomic E-state index is -0.992. The third-order valence-corrected chi connectivity index (χ3v) is 6.13. The zero-order valence-corrected chi connectivity index (χ0v) is 20.3. The summed E-state index contributed by atoms with van der Waals surface area (Å²) < 4.78 is 22.2. The predicted molar refractivity (Wildman–Crippen MR) is 131 cm³/mol. The van der Waals surface area contributed by atoms with E-state index in [9.17, 15) is 14.4 Å². The summed E-state index contributed by atoms with van der Waals surface area (Å²) >= 11 is 0. The maximum atomic E-state index is 13.9. The predicted octanol–water partition coefficient (Wildman–Crippen LogP) is 1.80. The Morgan fingerprint density at radius 2 is 1.11 bits per heavy atom. The molecule has 0 radical (unpaired) electrons. The molecule has 1 fully saturated rings. The Morgan fingerprint density at radius 1 is 0.667 bits per heavy atom. The topological polar surface area (TPSA) is 94.6 Å². The van der Waals surface area contributed by atoms with Crippen LogP contribution in [0.5, 0.6) is 0 Å². The van der Waals surface area contributed by atoms with Crippen molar-refractivity contribution in [2.45, 2.75) is 12.5 Å². The fraction of sp³-hybridized carbons (Fsp3) is 0.444. The number of carbonyl (C=O) groups is 3. The van der Waals surface area contributed by atoms with Gasteiger partial charge in [0.25, 0.3) is 11.8 Å². The second kappa shape index (κ2) is 13.3. The van der Waals surface area contributed by atoms with E-state index in [4.69, 9.17) is 18.9 Å². The van der Waals surface area contributed by atoms with Crippen LogP contribution in [0, 0.1) is 0 Å². The number of nitrogens with zero attached hydrogens (tertiary/aromatic N) is 2. The van der Waals surface area contributed by atoms with Gasteiger partial charge in [0.1, 0.15) is 6.04 Å². The summed E-state index contributed by atoms with van der Waals surface area (Å²) in [6.45, 7) is 3.80. The average molecular weight is 497 g/mol. The molecular weight excluding hydrogens is 464 g/mol. The van der Waals surface area contributed by atoms with Gasteiger partial charge in [0.05, 0.1) is 64.0 Å². The van der Waals surface area contributed by atoms with Crippen molar-refractivity contribution in [1.82, 2.24) is 9.80 Å². The Kier molecular flexibility index (Phi) is 9.57. The number of carbonyl (C=O) groups excluding carboxylic acids is 3. The number of imide groups is 1. The molecule has 2 aliphatic rings. The summed E-state index contributed by atoms with van der Waals surface area (Å²) in [6.07, 6.45) is 0.213. The first-order valence-electron chi connectivity index (χ1n) is 12.3. The maximum absolute atomic E-state index is 13.9. The van der Waals surface area contributed by atoms with Gasteiger partial charge in [0.2, 0.25) is 5.91 Å². The Morgan fingerprint density at radius 3 is 1.61 bits per heavy atom. The molecule has 2 aliphatic heterocycles. The molecule has 9 heteroatoms. The van der Waals surface area contributed by atoms with Crippen molar-refractivity contribution >= 4 is 17.7 Å². The van der Waals surface area contributed by atoms with Crippen molar-refractivity contribution in [2.24, 2.45) is 0 Å². The fourth-order valence-corrected chi connectivity index (χ4v) is 4.27.